The first kappa shape index (κ1) is 20.9. The van der Waals surface area contributed by atoms with Gasteiger partial charge in [0.15, 0.2) is 0 Å². The van der Waals surface area contributed by atoms with E-state index >= 15 is 0 Å². The highest BCUT2D eigenvalue weighted by Crippen LogP contribution is 2.34. The summed E-state index contributed by atoms with van der Waals surface area (Å²) in [5.74, 6) is 0.290. The van der Waals surface area contributed by atoms with Crippen molar-refractivity contribution >= 4 is 23.2 Å². The molecule has 2 amide bonds. The summed E-state index contributed by atoms with van der Waals surface area (Å²) in [5, 5.41) is 3.05. The summed E-state index contributed by atoms with van der Waals surface area (Å²) in [6, 6.07) is 9.72. The molecule has 2 aromatic rings. The van der Waals surface area contributed by atoms with Gasteiger partial charge >= 0.3 is 0 Å². The molecule has 1 aromatic heterocycles. The predicted octanol–water partition coefficient (Wildman–Crippen LogP) is 3.16. The molecule has 1 unspecified atom stereocenters. The molecule has 0 bridgehead atoms. The molecule has 168 valence electrons. The molecule has 1 saturated carbocycles. The van der Waals surface area contributed by atoms with Crippen molar-refractivity contribution in [1.82, 2.24) is 14.8 Å². The molecule has 32 heavy (non-hydrogen) atoms. The molecule has 3 aliphatic rings. The molecule has 1 atom stereocenters. The first-order chi connectivity index (χ1) is 15.6. The lowest BCUT2D eigenvalue weighted by atomic mass is 10.0. The molecule has 1 aliphatic carbocycles. The zero-order chi connectivity index (χ0) is 22.1. The highest BCUT2D eigenvalue weighted by molar-refractivity contribution is 6.02. The van der Waals surface area contributed by atoms with Crippen LogP contribution in [0.25, 0.3) is 0 Å². The average molecular weight is 434 g/mol. The number of benzene rings is 1. The Labute approximate surface area is 189 Å². The van der Waals surface area contributed by atoms with Crippen LogP contribution in [0.4, 0.5) is 11.4 Å². The highest BCUT2D eigenvalue weighted by atomic mass is 16.2. The largest absolute Gasteiger partial charge is 0.371 e. The number of likely N-dealkylation sites (N-methyl/N-ethyl adjacent to an activating group) is 1. The summed E-state index contributed by atoms with van der Waals surface area (Å²) in [7, 11) is 2.10. The van der Waals surface area contributed by atoms with E-state index in [4.69, 9.17) is 0 Å². The van der Waals surface area contributed by atoms with E-state index in [0.717, 1.165) is 74.4 Å². The molecule has 7 heteroatoms. The van der Waals surface area contributed by atoms with Crippen LogP contribution in [0.3, 0.4) is 0 Å². The van der Waals surface area contributed by atoms with Gasteiger partial charge in [-0.05, 0) is 62.6 Å². The minimum absolute atomic E-state index is 0.0318. The number of amides is 2. The average Bonchev–Trinajstić information content (AvgIpc) is 3.53. The number of rotatable bonds is 5. The SMILES string of the molecule is CN1CCN(C(=O)c2ccc(NC(=O)C3CC3)cc2N2CCCC2)C(c2cccnc2)C1. The van der Waals surface area contributed by atoms with Crippen molar-refractivity contribution in [3.8, 4) is 0 Å². The van der Waals surface area contributed by atoms with E-state index in [9.17, 15) is 9.59 Å². The third-order valence-electron chi connectivity index (χ3n) is 6.80. The number of nitrogens with zero attached hydrogens (tertiary/aromatic N) is 4. The van der Waals surface area contributed by atoms with Crippen molar-refractivity contribution < 1.29 is 9.59 Å². The van der Waals surface area contributed by atoms with Crippen LogP contribution < -0.4 is 10.2 Å². The monoisotopic (exact) mass is 433 g/mol. The number of nitrogens with one attached hydrogen (secondary N) is 1. The van der Waals surface area contributed by atoms with Gasteiger partial charge in [-0.25, -0.2) is 0 Å². The topological polar surface area (TPSA) is 68.8 Å². The van der Waals surface area contributed by atoms with Crippen molar-refractivity contribution in [2.75, 3.05) is 50.0 Å². The Morgan fingerprint density at radius 1 is 1.06 bits per heavy atom. The molecular formula is C25H31N5O2. The van der Waals surface area contributed by atoms with Gasteiger partial charge in [-0.1, -0.05) is 6.07 Å². The maximum atomic E-state index is 13.9. The fraction of sp³-hybridized carbons (Fsp3) is 0.480. The summed E-state index contributed by atoms with van der Waals surface area (Å²) in [5.41, 5.74) is 3.49. The zero-order valence-electron chi connectivity index (χ0n) is 18.7. The van der Waals surface area contributed by atoms with Gasteiger partial charge < -0.3 is 20.0 Å². The van der Waals surface area contributed by atoms with Crippen molar-refractivity contribution in [3.05, 3.63) is 53.9 Å². The highest BCUT2D eigenvalue weighted by Gasteiger charge is 2.34. The summed E-state index contributed by atoms with van der Waals surface area (Å²) < 4.78 is 0. The molecule has 5 rings (SSSR count). The van der Waals surface area contributed by atoms with Crippen LogP contribution in [0, 0.1) is 5.92 Å². The summed E-state index contributed by atoms with van der Waals surface area (Å²) in [4.78, 5) is 37.0. The van der Waals surface area contributed by atoms with E-state index in [-0.39, 0.29) is 23.8 Å². The smallest absolute Gasteiger partial charge is 0.256 e. The molecule has 1 N–H and O–H groups in total. The zero-order valence-corrected chi connectivity index (χ0v) is 18.7. The molecule has 2 saturated heterocycles. The van der Waals surface area contributed by atoms with Crippen molar-refractivity contribution in [2.45, 2.75) is 31.7 Å². The van der Waals surface area contributed by atoms with Gasteiger partial charge in [0.2, 0.25) is 5.91 Å². The van der Waals surface area contributed by atoms with Crippen LogP contribution in [0.2, 0.25) is 0 Å². The van der Waals surface area contributed by atoms with E-state index in [1.807, 2.05) is 35.4 Å². The fourth-order valence-corrected chi connectivity index (χ4v) is 4.78. The Balaban J connectivity index is 1.46. The molecule has 3 fully saturated rings. The van der Waals surface area contributed by atoms with Gasteiger partial charge in [0.25, 0.3) is 5.91 Å². The van der Waals surface area contributed by atoms with Gasteiger partial charge in [0.1, 0.15) is 0 Å². The Hall–Kier alpha value is -2.93. The molecule has 1 aromatic carbocycles. The maximum Gasteiger partial charge on any atom is 0.256 e. The van der Waals surface area contributed by atoms with Gasteiger partial charge in [-0.3, -0.25) is 14.6 Å². The normalized spacial score (nSPS) is 21.6. The Morgan fingerprint density at radius 2 is 1.88 bits per heavy atom. The van der Waals surface area contributed by atoms with E-state index in [0.29, 0.717) is 6.54 Å². The first-order valence-electron chi connectivity index (χ1n) is 11.7. The van der Waals surface area contributed by atoms with E-state index in [1.54, 1.807) is 6.20 Å². The number of carbonyl (C=O) groups is 2. The lowest BCUT2D eigenvalue weighted by molar-refractivity contribution is -0.117. The second-order valence-electron chi connectivity index (χ2n) is 9.25. The second-order valence-corrected chi connectivity index (χ2v) is 9.25. The summed E-state index contributed by atoms with van der Waals surface area (Å²) in [6.07, 6.45) is 7.82. The number of pyridine rings is 1. The third kappa shape index (κ3) is 4.35. The summed E-state index contributed by atoms with van der Waals surface area (Å²) in [6.45, 7) is 4.18. The van der Waals surface area contributed by atoms with Crippen LogP contribution in [0.1, 0.15) is 47.6 Å². The van der Waals surface area contributed by atoms with E-state index < -0.39 is 0 Å². The van der Waals surface area contributed by atoms with Gasteiger partial charge in [-0.15, -0.1) is 0 Å². The first-order valence-corrected chi connectivity index (χ1v) is 11.7. The third-order valence-corrected chi connectivity index (χ3v) is 6.80. The van der Waals surface area contributed by atoms with Gasteiger partial charge in [0.05, 0.1) is 17.3 Å². The van der Waals surface area contributed by atoms with Crippen LogP contribution in [0.15, 0.2) is 42.7 Å². The van der Waals surface area contributed by atoms with Gasteiger partial charge in [-0.2, -0.15) is 0 Å². The molecule has 3 heterocycles. The molecule has 7 nitrogen and oxygen atoms in total. The maximum absolute atomic E-state index is 13.9. The number of piperazine rings is 1. The van der Waals surface area contributed by atoms with Crippen LogP contribution in [-0.4, -0.2) is 66.4 Å². The Bertz CT molecular complexity index is 985. The quantitative estimate of drug-likeness (QED) is 0.785. The standard InChI is InChI=1S/C25H31N5O2/c1-28-13-14-30(23(17-28)19-5-4-10-26-16-19)25(32)21-9-8-20(27-24(31)18-6-7-18)15-22(21)29-11-2-3-12-29/h4-5,8-10,15-16,18,23H,2-3,6-7,11-14,17H2,1H3,(H,27,31). The minimum atomic E-state index is -0.0318. The minimum Gasteiger partial charge on any atom is -0.371 e. The molecular weight excluding hydrogens is 402 g/mol. The van der Waals surface area contributed by atoms with Crippen LogP contribution in [-0.2, 0) is 4.79 Å². The second kappa shape index (κ2) is 8.90. The van der Waals surface area contributed by atoms with E-state index in [2.05, 4.69) is 33.2 Å². The lowest BCUT2D eigenvalue weighted by Gasteiger charge is -2.40. The number of carbonyl (C=O) groups excluding carboxylic acids is 2. The van der Waals surface area contributed by atoms with Crippen molar-refractivity contribution in [3.63, 3.8) is 0 Å². The van der Waals surface area contributed by atoms with Crippen LogP contribution in [0.5, 0.6) is 0 Å². The van der Waals surface area contributed by atoms with Crippen molar-refractivity contribution in [1.29, 1.82) is 0 Å². The molecule has 0 radical (unpaired) electrons. The summed E-state index contributed by atoms with van der Waals surface area (Å²) >= 11 is 0. The fourth-order valence-electron chi connectivity index (χ4n) is 4.78. The lowest BCUT2D eigenvalue weighted by Crippen LogP contribution is -2.49. The van der Waals surface area contributed by atoms with Gasteiger partial charge in [0, 0.05) is 56.7 Å². The molecule has 2 aliphatic heterocycles. The number of hydrogen-bond donors (Lipinski definition) is 1. The Morgan fingerprint density at radius 3 is 2.59 bits per heavy atom. The molecule has 0 spiro atoms. The Kier molecular flexibility index (Phi) is 5.83. The number of hydrogen-bond acceptors (Lipinski definition) is 5. The van der Waals surface area contributed by atoms with Crippen LogP contribution >= 0.6 is 0 Å². The van der Waals surface area contributed by atoms with E-state index in [1.165, 1.54) is 0 Å². The van der Waals surface area contributed by atoms with Crippen molar-refractivity contribution in [2.24, 2.45) is 5.92 Å². The number of anilines is 2. The number of aromatic nitrogens is 1. The predicted molar refractivity (Wildman–Crippen MR) is 125 cm³/mol.